The van der Waals surface area contributed by atoms with Crippen molar-refractivity contribution in [2.75, 3.05) is 18.6 Å². The van der Waals surface area contributed by atoms with Crippen LogP contribution in [-0.2, 0) is 23.6 Å². The predicted molar refractivity (Wildman–Crippen MR) is 153 cm³/mol. The molecule has 0 unspecified atom stereocenters. The Hall–Kier alpha value is -6.67. The van der Waals surface area contributed by atoms with Crippen LogP contribution in [0.2, 0.25) is 0 Å². The number of aromatic hydroxyl groups is 1. The Labute approximate surface area is 251 Å². The second-order valence-electron chi connectivity index (χ2n) is 9.23. The SMILES string of the molecule is COC(=O)c1cnn(C)c1N=Nc1c(C)nn(-c2cc(O)nc(-n3nc(C)c(N=Nc4c(C(=O)C=O)cnn4C)c3N)n2)c1N. The summed E-state index contributed by atoms with van der Waals surface area (Å²) in [6.07, 6.45) is 2.64. The minimum Gasteiger partial charge on any atom is -0.493 e. The lowest BCUT2D eigenvalue weighted by Gasteiger charge is -2.07. The van der Waals surface area contributed by atoms with E-state index < -0.39 is 17.6 Å². The average molecular weight is 617 g/mol. The van der Waals surface area contributed by atoms with Crippen molar-refractivity contribution in [3.05, 3.63) is 41.0 Å². The van der Waals surface area contributed by atoms with Gasteiger partial charge in [-0.05, 0) is 13.8 Å². The second kappa shape index (κ2) is 11.5. The number of ketones is 1. The summed E-state index contributed by atoms with van der Waals surface area (Å²) in [5.41, 5.74) is 13.6. The van der Waals surface area contributed by atoms with Crippen LogP contribution in [0.5, 0.6) is 5.88 Å². The van der Waals surface area contributed by atoms with Crippen LogP contribution in [0.25, 0.3) is 11.8 Å². The largest absolute Gasteiger partial charge is 0.493 e. The lowest BCUT2D eigenvalue weighted by atomic mass is 10.2. The van der Waals surface area contributed by atoms with E-state index >= 15 is 0 Å². The third-order valence-corrected chi connectivity index (χ3v) is 6.30. The van der Waals surface area contributed by atoms with Gasteiger partial charge in [0.1, 0.15) is 5.56 Å². The molecule has 0 aromatic carbocycles. The van der Waals surface area contributed by atoms with E-state index in [4.69, 9.17) is 16.2 Å². The quantitative estimate of drug-likeness (QED) is 0.0701. The Balaban J connectivity index is 1.50. The molecule has 0 aliphatic heterocycles. The third-order valence-electron chi connectivity index (χ3n) is 6.30. The van der Waals surface area contributed by atoms with Crippen molar-refractivity contribution in [1.82, 2.24) is 49.1 Å². The summed E-state index contributed by atoms with van der Waals surface area (Å²) >= 11 is 0. The number of methoxy groups -OCH3 is 1. The summed E-state index contributed by atoms with van der Waals surface area (Å²) in [7, 11) is 4.33. The Bertz CT molecular complexity index is 2050. The molecule has 21 nitrogen and oxygen atoms in total. The number of aromatic nitrogens is 10. The summed E-state index contributed by atoms with van der Waals surface area (Å²) in [4.78, 5) is 43.3. The highest BCUT2D eigenvalue weighted by molar-refractivity contribution is 6.34. The number of hydrogen-bond acceptors (Lipinski definition) is 17. The number of aryl methyl sites for hydroxylation is 4. The van der Waals surface area contributed by atoms with E-state index in [-0.39, 0.29) is 63.8 Å². The number of carbonyl (C=O) groups is 3. The minimum atomic E-state index is -0.821. The fourth-order valence-electron chi connectivity index (χ4n) is 4.05. The molecule has 5 N–H and O–H groups in total. The van der Waals surface area contributed by atoms with E-state index in [0.29, 0.717) is 11.4 Å². The van der Waals surface area contributed by atoms with Gasteiger partial charge in [-0.3, -0.25) is 9.59 Å². The molecule has 0 bridgehead atoms. The van der Waals surface area contributed by atoms with Crippen molar-refractivity contribution in [2.24, 2.45) is 34.6 Å². The Kier molecular flexibility index (Phi) is 7.65. The molecule has 0 aliphatic rings. The molecule has 0 atom stereocenters. The first-order valence-corrected chi connectivity index (χ1v) is 12.7. The number of esters is 1. The van der Waals surface area contributed by atoms with Crippen LogP contribution in [-0.4, -0.2) is 79.3 Å². The number of ether oxygens (including phenoxy) is 1. The molecule has 0 fully saturated rings. The third kappa shape index (κ3) is 5.35. The Morgan fingerprint density at radius 1 is 0.867 bits per heavy atom. The smallest absolute Gasteiger partial charge is 0.343 e. The maximum absolute atomic E-state index is 12.1. The molecule has 0 radical (unpaired) electrons. The van der Waals surface area contributed by atoms with Crippen LogP contribution in [0.15, 0.2) is 38.9 Å². The zero-order chi connectivity index (χ0) is 32.6. The van der Waals surface area contributed by atoms with Crippen molar-refractivity contribution in [3.8, 4) is 17.6 Å². The fourth-order valence-corrected chi connectivity index (χ4v) is 4.05. The molecule has 0 spiro atoms. The van der Waals surface area contributed by atoms with Gasteiger partial charge in [0.15, 0.2) is 46.8 Å². The van der Waals surface area contributed by atoms with Crippen LogP contribution in [0.3, 0.4) is 0 Å². The normalized spacial score (nSPS) is 11.6. The summed E-state index contributed by atoms with van der Waals surface area (Å²) in [6.45, 7) is 3.21. The van der Waals surface area contributed by atoms with Crippen molar-refractivity contribution >= 4 is 52.7 Å². The van der Waals surface area contributed by atoms with Crippen molar-refractivity contribution in [2.45, 2.75) is 13.8 Å². The molecule has 45 heavy (non-hydrogen) atoms. The number of nitrogens with two attached hydrogens (primary N) is 2. The maximum Gasteiger partial charge on any atom is 0.343 e. The van der Waals surface area contributed by atoms with Gasteiger partial charge in [0.05, 0.1) is 36.5 Å². The van der Waals surface area contributed by atoms with E-state index in [1.165, 1.54) is 46.7 Å². The molecule has 0 aliphatic carbocycles. The van der Waals surface area contributed by atoms with Crippen LogP contribution in [0.1, 0.15) is 32.1 Å². The summed E-state index contributed by atoms with van der Waals surface area (Å²) in [5.74, 6) is -1.98. The molecule has 5 aromatic heterocycles. The highest BCUT2D eigenvalue weighted by atomic mass is 16.5. The van der Waals surface area contributed by atoms with E-state index in [9.17, 15) is 19.5 Å². The molecule has 230 valence electrons. The van der Waals surface area contributed by atoms with E-state index in [1.54, 1.807) is 20.9 Å². The van der Waals surface area contributed by atoms with Gasteiger partial charge < -0.3 is 21.3 Å². The predicted octanol–water partition coefficient (Wildman–Crippen LogP) is 1.80. The molecular weight excluding hydrogens is 592 g/mol. The number of hydrogen-bond donors (Lipinski definition) is 3. The van der Waals surface area contributed by atoms with Crippen molar-refractivity contribution < 1.29 is 24.2 Å². The van der Waals surface area contributed by atoms with Gasteiger partial charge in [-0.25, -0.2) is 14.2 Å². The van der Waals surface area contributed by atoms with E-state index in [0.717, 1.165) is 4.68 Å². The van der Waals surface area contributed by atoms with Crippen LogP contribution < -0.4 is 11.5 Å². The van der Waals surface area contributed by atoms with Gasteiger partial charge in [0, 0.05) is 20.2 Å². The van der Waals surface area contributed by atoms with E-state index in [2.05, 4.69) is 50.8 Å². The number of Topliss-reactive ketones (excluding diaryl/α,β-unsaturated/α-hetero) is 1. The first-order chi connectivity index (χ1) is 21.4. The Morgan fingerprint density at radius 2 is 1.40 bits per heavy atom. The zero-order valence-corrected chi connectivity index (χ0v) is 24.3. The number of carbonyl (C=O) groups excluding carboxylic acids is 3. The Morgan fingerprint density at radius 3 is 1.98 bits per heavy atom. The van der Waals surface area contributed by atoms with E-state index in [1.807, 2.05) is 0 Å². The number of aldehydes is 1. The highest BCUT2D eigenvalue weighted by Gasteiger charge is 2.22. The van der Waals surface area contributed by atoms with Crippen molar-refractivity contribution in [3.63, 3.8) is 0 Å². The molecule has 0 amide bonds. The second-order valence-corrected chi connectivity index (χ2v) is 9.23. The maximum atomic E-state index is 12.1. The molecular formula is C24H24N16O5. The molecule has 5 aromatic rings. The molecule has 5 rings (SSSR count). The number of azo groups is 2. The number of rotatable bonds is 9. The summed E-state index contributed by atoms with van der Waals surface area (Å²) < 4.78 is 9.66. The molecule has 0 saturated heterocycles. The number of anilines is 2. The van der Waals surface area contributed by atoms with Gasteiger partial charge in [-0.1, -0.05) is 0 Å². The monoisotopic (exact) mass is 616 g/mol. The molecule has 5 heterocycles. The van der Waals surface area contributed by atoms with Gasteiger partial charge >= 0.3 is 5.97 Å². The number of nitrogen functional groups attached to an aromatic ring is 2. The first-order valence-electron chi connectivity index (χ1n) is 12.7. The highest BCUT2D eigenvalue weighted by Crippen LogP contribution is 2.33. The van der Waals surface area contributed by atoms with Crippen molar-refractivity contribution in [1.29, 1.82) is 0 Å². The molecule has 0 saturated carbocycles. The van der Waals surface area contributed by atoms with Crippen LogP contribution >= 0.6 is 0 Å². The summed E-state index contributed by atoms with van der Waals surface area (Å²) in [5, 5.41) is 43.5. The lowest BCUT2D eigenvalue weighted by Crippen LogP contribution is -2.11. The lowest BCUT2D eigenvalue weighted by molar-refractivity contribution is -0.104. The topological polar surface area (TPSA) is 279 Å². The van der Waals surface area contributed by atoms with Gasteiger partial charge in [-0.15, -0.1) is 20.5 Å². The van der Waals surface area contributed by atoms with Crippen LogP contribution in [0.4, 0.5) is 34.6 Å². The first kappa shape index (κ1) is 29.8. The number of nitrogens with zero attached hydrogens (tertiary/aromatic N) is 14. The minimum absolute atomic E-state index is 0.00181. The summed E-state index contributed by atoms with van der Waals surface area (Å²) in [6, 6.07) is 1.20. The van der Waals surface area contributed by atoms with Gasteiger partial charge in [0.25, 0.3) is 5.95 Å². The standard InChI is InChI=1S/C24H24N16O5/c1-10-17(31-34-22-13(23(44)45-5)8-28-38(22)4)19(25)39(35-10)15-6-16(43)30-24(29-15)40-20(26)18(11(2)36-40)32-33-21-12(14(42)9-41)7-27-37(21)3/h6-9H,25-26H2,1-5H3,(H,29,30,43). The van der Waals surface area contributed by atoms with Gasteiger partial charge in [0.2, 0.25) is 11.7 Å². The molecule has 21 heteroatoms. The fraction of sp³-hybridized carbons (Fsp3) is 0.208. The average Bonchev–Trinajstić information content (AvgIpc) is 3.73. The van der Waals surface area contributed by atoms with Gasteiger partial charge in [-0.2, -0.15) is 39.7 Å². The van der Waals surface area contributed by atoms with Crippen LogP contribution in [0, 0.1) is 13.8 Å². The zero-order valence-electron chi connectivity index (χ0n) is 24.3.